The van der Waals surface area contributed by atoms with Crippen molar-refractivity contribution >= 4 is 22.9 Å². The van der Waals surface area contributed by atoms with Gasteiger partial charge >= 0.3 is 0 Å². The molecule has 0 unspecified atom stereocenters. The molecule has 1 aromatic carbocycles. The maximum atomic E-state index is 14.2. The van der Waals surface area contributed by atoms with Gasteiger partial charge < -0.3 is 24.3 Å². The number of carbonyl (C=O) groups is 1. The van der Waals surface area contributed by atoms with Crippen molar-refractivity contribution in [3.05, 3.63) is 66.1 Å². The fraction of sp³-hybridized carbons (Fsp3) is 0.200. The number of carbonyl (C=O) groups excluding carboxylic acids is 1. The summed E-state index contributed by atoms with van der Waals surface area (Å²) < 4.78 is 49.5. The molecule has 0 aliphatic carbocycles. The van der Waals surface area contributed by atoms with Crippen LogP contribution in [0.3, 0.4) is 0 Å². The third-order valence-electron chi connectivity index (χ3n) is 4.77. The van der Waals surface area contributed by atoms with Crippen molar-refractivity contribution in [3.63, 3.8) is 0 Å². The number of aromatic nitrogens is 3. The molecule has 4 aromatic rings. The summed E-state index contributed by atoms with van der Waals surface area (Å²) in [5, 5.41) is 3.06. The first-order valence-electron chi connectivity index (χ1n) is 10.7. The Morgan fingerprint density at radius 2 is 1.75 bits per heavy atom. The van der Waals surface area contributed by atoms with Gasteiger partial charge in [-0.2, -0.15) is 4.98 Å². The first kappa shape index (κ1) is 26.1. The second-order valence-corrected chi connectivity index (χ2v) is 6.96. The molecule has 11 heteroatoms. The number of halogens is 2. The maximum absolute atomic E-state index is 14.2. The molecule has 0 radical (unpaired) electrons. The average molecular weight is 498 g/mol. The first-order chi connectivity index (χ1) is 17.4. The first-order valence-corrected chi connectivity index (χ1v) is 10.7. The summed E-state index contributed by atoms with van der Waals surface area (Å²) >= 11 is 0. The average Bonchev–Trinajstić information content (AvgIpc) is 2.90. The molecule has 0 amide bonds. The Bertz CT molecular complexity index is 1330. The molecular weight excluding hydrogens is 474 g/mol. The molecule has 0 aliphatic heterocycles. The minimum absolute atomic E-state index is 0.164. The number of methoxy groups -OCH3 is 2. The Balaban J connectivity index is 0.000000303. The molecule has 0 bridgehead atoms. The van der Waals surface area contributed by atoms with Crippen LogP contribution >= 0.6 is 0 Å². The Morgan fingerprint density at radius 1 is 1.03 bits per heavy atom. The highest BCUT2D eigenvalue weighted by atomic mass is 19.1. The number of anilines is 1. The van der Waals surface area contributed by atoms with Crippen LogP contribution in [0.1, 0.15) is 17.3 Å². The molecular formula is C25H24F2N4O5. The number of pyridine rings is 3. The molecule has 3 heterocycles. The highest BCUT2D eigenvalue weighted by Crippen LogP contribution is 2.38. The van der Waals surface area contributed by atoms with Crippen molar-refractivity contribution in [2.75, 3.05) is 33.2 Å². The maximum Gasteiger partial charge on any atom is 0.229 e. The van der Waals surface area contributed by atoms with Crippen LogP contribution in [0.4, 0.5) is 14.5 Å². The quantitative estimate of drug-likeness (QED) is 0.334. The second-order valence-electron chi connectivity index (χ2n) is 6.96. The SMILES string of the molecule is CCOc1cc2nccc(Oc3c(F)cc(NC)cc3F)c2c(OC)n1.COc1ccncc1C=O. The zero-order valence-corrected chi connectivity index (χ0v) is 20.0. The van der Waals surface area contributed by atoms with Crippen molar-refractivity contribution in [2.45, 2.75) is 6.92 Å². The summed E-state index contributed by atoms with van der Waals surface area (Å²) in [4.78, 5) is 22.5. The van der Waals surface area contributed by atoms with E-state index < -0.39 is 17.4 Å². The molecule has 0 spiro atoms. The Labute approximate surface area is 206 Å². The Kier molecular flexibility index (Phi) is 8.87. The summed E-state index contributed by atoms with van der Waals surface area (Å²) in [6.45, 7) is 2.25. The van der Waals surface area contributed by atoms with Gasteiger partial charge in [-0.25, -0.2) is 8.78 Å². The molecule has 0 fully saturated rings. The normalized spacial score (nSPS) is 10.2. The molecule has 1 N–H and O–H groups in total. The van der Waals surface area contributed by atoms with E-state index in [4.69, 9.17) is 18.9 Å². The van der Waals surface area contributed by atoms with E-state index in [2.05, 4.69) is 20.3 Å². The summed E-state index contributed by atoms with van der Waals surface area (Å²) in [6, 6.07) is 7.02. The predicted octanol–water partition coefficient (Wildman–Crippen LogP) is 5.05. The molecule has 9 nitrogen and oxygen atoms in total. The van der Waals surface area contributed by atoms with Gasteiger partial charge in [0.25, 0.3) is 0 Å². The standard InChI is InChI=1S/C18H17F2N3O3.C7H7NO2/c1-4-25-15-9-13-16(18(23-15)24-3)14(5-6-22-13)26-17-11(19)7-10(21-2)8-12(17)20;1-10-7-2-3-8-4-6(7)5-9/h5-9,21H,4H2,1-3H3;2-5H,1H3. The number of ether oxygens (including phenoxy) is 4. The fourth-order valence-corrected chi connectivity index (χ4v) is 3.12. The zero-order chi connectivity index (χ0) is 26.1. The number of aldehydes is 1. The highest BCUT2D eigenvalue weighted by molar-refractivity contribution is 5.90. The molecule has 0 saturated heterocycles. The lowest BCUT2D eigenvalue weighted by molar-refractivity contribution is 0.112. The molecule has 36 heavy (non-hydrogen) atoms. The zero-order valence-electron chi connectivity index (χ0n) is 20.0. The third-order valence-corrected chi connectivity index (χ3v) is 4.77. The monoisotopic (exact) mass is 498 g/mol. The summed E-state index contributed by atoms with van der Waals surface area (Å²) in [5.41, 5.74) is 1.24. The van der Waals surface area contributed by atoms with E-state index in [1.807, 2.05) is 6.92 Å². The summed E-state index contributed by atoms with van der Waals surface area (Å²) in [6.07, 6.45) is 5.22. The third kappa shape index (κ3) is 5.93. The highest BCUT2D eigenvalue weighted by Gasteiger charge is 2.18. The van der Waals surface area contributed by atoms with E-state index in [-0.39, 0.29) is 11.6 Å². The van der Waals surface area contributed by atoms with E-state index in [0.717, 1.165) is 12.1 Å². The number of nitrogens with one attached hydrogen (secondary N) is 1. The largest absolute Gasteiger partial charge is 0.496 e. The van der Waals surface area contributed by atoms with E-state index in [1.54, 1.807) is 25.4 Å². The van der Waals surface area contributed by atoms with Gasteiger partial charge in [-0.1, -0.05) is 0 Å². The van der Waals surface area contributed by atoms with Crippen LogP contribution in [-0.2, 0) is 0 Å². The van der Waals surface area contributed by atoms with Gasteiger partial charge in [0.2, 0.25) is 11.8 Å². The lowest BCUT2D eigenvalue weighted by Crippen LogP contribution is -2.00. The van der Waals surface area contributed by atoms with Gasteiger partial charge in [0.1, 0.15) is 16.9 Å². The molecule has 0 saturated carbocycles. The fourth-order valence-electron chi connectivity index (χ4n) is 3.12. The topological polar surface area (TPSA) is 105 Å². The smallest absolute Gasteiger partial charge is 0.229 e. The van der Waals surface area contributed by atoms with E-state index in [0.29, 0.717) is 46.7 Å². The molecule has 0 aliphatic rings. The minimum Gasteiger partial charge on any atom is -0.496 e. The van der Waals surface area contributed by atoms with Crippen LogP contribution < -0.4 is 24.3 Å². The van der Waals surface area contributed by atoms with Crippen LogP contribution in [0.15, 0.2) is 48.9 Å². The minimum atomic E-state index is -0.836. The molecule has 0 atom stereocenters. The Hall–Kier alpha value is -4.54. The number of hydrogen-bond donors (Lipinski definition) is 1. The number of benzene rings is 1. The predicted molar refractivity (Wildman–Crippen MR) is 129 cm³/mol. The van der Waals surface area contributed by atoms with Crippen molar-refractivity contribution in [1.82, 2.24) is 15.0 Å². The molecule has 3 aromatic heterocycles. The van der Waals surface area contributed by atoms with Crippen LogP contribution in [0.5, 0.6) is 29.0 Å². The number of hydrogen-bond acceptors (Lipinski definition) is 9. The second kappa shape index (κ2) is 12.2. The number of nitrogens with zero attached hydrogens (tertiary/aromatic N) is 3. The van der Waals surface area contributed by atoms with Crippen LogP contribution in [0, 0.1) is 11.6 Å². The summed E-state index contributed by atoms with van der Waals surface area (Å²) in [5.74, 6) is -0.955. The van der Waals surface area contributed by atoms with Gasteiger partial charge in [0.15, 0.2) is 23.7 Å². The van der Waals surface area contributed by atoms with Crippen LogP contribution in [0.25, 0.3) is 10.9 Å². The van der Waals surface area contributed by atoms with Crippen molar-refractivity contribution in [3.8, 4) is 29.0 Å². The molecule has 4 rings (SSSR count). The van der Waals surface area contributed by atoms with Gasteiger partial charge in [-0.05, 0) is 19.1 Å². The van der Waals surface area contributed by atoms with Gasteiger partial charge in [-0.3, -0.25) is 14.8 Å². The van der Waals surface area contributed by atoms with Crippen molar-refractivity contribution < 1.29 is 32.5 Å². The van der Waals surface area contributed by atoms with Crippen LogP contribution in [-0.4, -0.2) is 49.1 Å². The van der Waals surface area contributed by atoms with Crippen molar-refractivity contribution in [2.24, 2.45) is 0 Å². The number of fused-ring (bicyclic) bond motifs is 1. The van der Waals surface area contributed by atoms with Gasteiger partial charge in [0.05, 0.1) is 31.9 Å². The molecule has 188 valence electrons. The van der Waals surface area contributed by atoms with Crippen LogP contribution in [0.2, 0.25) is 0 Å². The van der Waals surface area contributed by atoms with E-state index in [9.17, 15) is 13.6 Å². The lowest BCUT2D eigenvalue weighted by Gasteiger charge is -2.14. The van der Waals surface area contributed by atoms with E-state index >= 15 is 0 Å². The summed E-state index contributed by atoms with van der Waals surface area (Å²) in [7, 11) is 4.51. The van der Waals surface area contributed by atoms with E-state index in [1.165, 1.54) is 32.7 Å². The number of rotatable bonds is 8. The lowest BCUT2D eigenvalue weighted by atomic mass is 10.2. The van der Waals surface area contributed by atoms with Gasteiger partial charge in [-0.15, -0.1) is 0 Å². The van der Waals surface area contributed by atoms with Crippen molar-refractivity contribution in [1.29, 1.82) is 0 Å². The Morgan fingerprint density at radius 3 is 2.33 bits per heavy atom. The van der Waals surface area contributed by atoms with Gasteiger partial charge in [0, 0.05) is 49.5 Å².